The Bertz CT molecular complexity index is 346. The first-order chi connectivity index (χ1) is 9.80. The number of carboxylic acid groups (broad SMARTS) is 1. The second-order valence-electron chi connectivity index (χ2n) is 6.49. The van der Waals surface area contributed by atoms with E-state index in [4.69, 9.17) is 9.84 Å². The van der Waals surface area contributed by atoms with Crippen molar-refractivity contribution >= 4 is 11.9 Å². The maximum atomic E-state index is 12.4. The van der Waals surface area contributed by atoms with Gasteiger partial charge in [0.25, 0.3) is 0 Å². The van der Waals surface area contributed by atoms with Crippen LogP contribution in [0.5, 0.6) is 0 Å². The average Bonchev–Trinajstić information content (AvgIpc) is 2.41. The van der Waals surface area contributed by atoms with Crippen molar-refractivity contribution in [3.63, 3.8) is 0 Å². The zero-order valence-corrected chi connectivity index (χ0v) is 13.4. The fraction of sp³-hybridized carbons (Fsp3) is 0.867. The Morgan fingerprint density at radius 3 is 2.33 bits per heavy atom. The molecule has 1 aliphatic heterocycles. The van der Waals surface area contributed by atoms with Crippen LogP contribution >= 0.6 is 0 Å². The molecule has 0 aromatic rings. The van der Waals surface area contributed by atoms with Gasteiger partial charge in [0.15, 0.2) is 0 Å². The first-order valence-electron chi connectivity index (χ1n) is 7.62. The van der Waals surface area contributed by atoms with Crippen molar-refractivity contribution in [2.45, 2.75) is 33.6 Å². The molecule has 0 saturated carbocycles. The molecular weight excluding hydrogens is 272 g/mol. The fourth-order valence-electron chi connectivity index (χ4n) is 2.33. The highest BCUT2D eigenvalue weighted by Crippen LogP contribution is 2.18. The molecule has 0 radical (unpaired) electrons. The minimum Gasteiger partial charge on any atom is -0.481 e. The van der Waals surface area contributed by atoms with E-state index in [1.54, 1.807) is 4.90 Å². The van der Waals surface area contributed by atoms with Gasteiger partial charge in [-0.2, -0.15) is 0 Å². The summed E-state index contributed by atoms with van der Waals surface area (Å²) in [5.74, 6) is -0.847. The standard InChI is InChI=1S/C15H28N2O4/c1-15(2,3)14(20)17(8-5-13(18)19)7-4-6-16-9-11-21-12-10-16/h4-12H2,1-3H3,(H,18,19). The van der Waals surface area contributed by atoms with E-state index in [1.807, 2.05) is 20.8 Å². The monoisotopic (exact) mass is 300 g/mol. The third-order valence-electron chi connectivity index (χ3n) is 3.53. The van der Waals surface area contributed by atoms with Crippen molar-refractivity contribution in [1.82, 2.24) is 9.80 Å². The summed E-state index contributed by atoms with van der Waals surface area (Å²) in [4.78, 5) is 27.1. The molecule has 1 fully saturated rings. The molecule has 0 spiro atoms. The number of hydrogen-bond acceptors (Lipinski definition) is 4. The fourth-order valence-corrected chi connectivity index (χ4v) is 2.33. The second-order valence-corrected chi connectivity index (χ2v) is 6.49. The lowest BCUT2D eigenvalue weighted by atomic mass is 9.94. The van der Waals surface area contributed by atoms with E-state index in [0.29, 0.717) is 6.54 Å². The maximum Gasteiger partial charge on any atom is 0.305 e. The number of carboxylic acids is 1. The first-order valence-corrected chi connectivity index (χ1v) is 7.62. The Morgan fingerprint density at radius 1 is 1.19 bits per heavy atom. The Kier molecular flexibility index (Phi) is 7.11. The van der Waals surface area contributed by atoms with Gasteiger partial charge in [-0.05, 0) is 6.42 Å². The lowest BCUT2D eigenvalue weighted by molar-refractivity contribution is -0.142. The smallest absolute Gasteiger partial charge is 0.305 e. The molecule has 0 unspecified atom stereocenters. The number of carbonyl (C=O) groups excluding carboxylic acids is 1. The summed E-state index contributed by atoms with van der Waals surface area (Å²) in [5, 5.41) is 8.82. The van der Waals surface area contributed by atoms with Crippen LogP contribution in [0, 0.1) is 5.41 Å². The second kappa shape index (κ2) is 8.34. The number of amides is 1. The lowest BCUT2D eigenvalue weighted by Crippen LogP contribution is -2.43. The number of nitrogens with zero attached hydrogens (tertiary/aromatic N) is 2. The SMILES string of the molecule is CC(C)(C)C(=O)N(CCCN1CCOCC1)CCC(=O)O. The van der Waals surface area contributed by atoms with Gasteiger partial charge >= 0.3 is 5.97 Å². The van der Waals surface area contributed by atoms with E-state index in [9.17, 15) is 9.59 Å². The van der Waals surface area contributed by atoms with E-state index in [0.717, 1.165) is 39.3 Å². The Morgan fingerprint density at radius 2 is 1.81 bits per heavy atom. The molecule has 0 bridgehead atoms. The average molecular weight is 300 g/mol. The molecular formula is C15H28N2O4. The number of morpholine rings is 1. The van der Waals surface area contributed by atoms with E-state index >= 15 is 0 Å². The number of ether oxygens (including phenoxy) is 1. The van der Waals surface area contributed by atoms with Gasteiger partial charge in [-0.25, -0.2) is 0 Å². The van der Waals surface area contributed by atoms with Crippen molar-refractivity contribution in [3.8, 4) is 0 Å². The molecule has 6 nitrogen and oxygen atoms in total. The molecule has 1 N–H and O–H groups in total. The Hall–Kier alpha value is -1.14. The molecule has 1 aliphatic rings. The molecule has 6 heteroatoms. The molecule has 1 amide bonds. The van der Waals surface area contributed by atoms with E-state index in [2.05, 4.69) is 4.90 Å². The van der Waals surface area contributed by atoms with Crippen molar-refractivity contribution in [3.05, 3.63) is 0 Å². The normalized spacial score (nSPS) is 16.7. The summed E-state index contributed by atoms with van der Waals surface area (Å²) in [5.41, 5.74) is -0.475. The van der Waals surface area contributed by atoms with E-state index in [-0.39, 0.29) is 18.9 Å². The third-order valence-corrected chi connectivity index (χ3v) is 3.53. The molecule has 1 saturated heterocycles. The largest absolute Gasteiger partial charge is 0.481 e. The van der Waals surface area contributed by atoms with Gasteiger partial charge in [0.2, 0.25) is 5.91 Å². The van der Waals surface area contributed by atoms with Crippen LogP contribution in [-0.4, -0.2) is 72.7 Å². The van der Waals surface area contributed by atoms with E-state index in [1.165, 1.54) is 0 Å². The van der Waals surface area contributed by atoms with Crippen molar-refractivity contribution in [2.75, 3.05) is 45.9 Å². The minimum atomic E-state index is -0.866. The van der Waals surface area contributed by atoms with Crippen LogP contribution in [0.25, 0.3) is 0 Å². The van der Waals surface area contributed by atoms with Gasteiger partial charge in [-0.3, -0.25) is 14.5 Å². The zero-order chi connectivity index (χ0) is 15.9. The van der Waals surface area contributed by atoms with Crippen LogP contribution in [0.4, 0.5) is 0 Å². The molecule has 122 valence electrons. The van der Waals surface area contributed by atoms with Crippen LogP contribution in [0.15, 0.2) is 0 Å². The van der Waals surface area contributed by atoms with Crippen molar-refractivity contribution in [2.24, 2.45) is 5.41 Å². The maximum absolute atomic E-state index is 12.4. The topological polar surface area (TPSA) is 70.1 Å². The van der Waals surface area contributed by atoms with Gasteiger partial charge in [-0.1, -0.05) is 20.8 Å². The summed E-state index contributed by atoms with van der Waals surface area (Å²) in [7, 11) is 0. The van der Waals surface area contributed by atoms with Gasteiger partial charge in [0, 0.05) is 38.1 Å². The van der Waals surface area contributed by atoms with Gasteiger partial charge in [0.1, 0.15) is 0 Å². The van der Waals surface area contributed by atoms with E-state index < -0.39 is 11.4 Å². The number of hydrogen-bond donors (Lipinski definition) is 1. The summed E-state index contributed by atoms with van der Waals surface area (Å²) in [6, 6.07) is 0. The molecule has 0 aromatic carbocycles. The molecule has 1 rings (SSSR count). The zero-order valence-electron chi connectivity index (χ0n) is 13.4. The first kappa shape index (κ1) is 17.9. The summed E-state index contributed by atoms with van der Waals surface area (Å²) >= 11 is 0. The van der Waals surface area contributed by atoms with Crippen LogP contribution in [0.1, 0.15) is 33.6 Å². The van der Waals surface area contributed by atoms with Crippen LogP contribution < -0.4 is 0 Å². The van der Waals surface area contributed by atoms with Crippen LogP contribution in [-0.2, 0) is 14.3 Å². The molecule has 1 heterocycles. The lowest BCUT2D eigenvalue weighted by Gasteiger charge is -2.31. The molecule has 0 atom stereocenters. The predicted octanol–water partition coefficient (Wildman–Crippen LogP) is 1.06. The van der Waals surface area contributed by atoms with Gasteiger partial charge in [0.05, 0.1) is 19.6 Å². The summed E-state index contributed by atoms with van der Waals surface area (Å²) in [6.07, 6.45) is 0.862. The molecule has 0 aromatic heterocycles. The molecule has 0 aliphatic carbocycles. The number of rotatable bonds is 7. The highest BCUT2D eigenvalue weighted by Gasteiger charge is 2.27. The van der Waals surface area contributed by atoms with Crippen LogP contribution in [0.2, 0.25) is 0 Å². The third kappa shape index (κ3) is 6.91. The number of carbonyl (C=O) groups is 2. The van der Waals surface area contributed by atoms with Crippen molar-refractivity contribution in [1.29, 1.82) is 0 Å². The Balaban J connectivity index is 2.43. The highest BCUT2D eigenvalue weighted by atomic mass is 16.5. The summed E-state index contributed by atoms with van der Waals surface area (Å²) in [6.45, 7) is 10.8. The minimum absolute atomic E-state index is 0.000621. The van der Waals surface area contributed by atoms with Gasteiger partial charge < -0.3 is 14.7 Å². The Labute approximate surface area is 127 Å². The quantitative estimate of drug-likeness (QED) is 0.761. The molecule has 21 heavy (non-hydrogen) atoms. The highest BCUT2D eigenvalue weighted by molar-refractivity contribution is 5.82. The van der Waals surface area contributed by atoms with Gasteiger partial charge in [-0.15, -0.1) is 0 Å². The summed E-state index contributed by atoms with van der Waals surface area (Å²) < 4.78 is 5.30. The van der Waals surface area contributed by atoms with Crippen LogP contribution in [0.3, 0.4) is 0 Å². The number of aliphatic carboxylic acids is 1. The predicted molar refractivity (Wildman–Crippen MR) is 80.2 cm³/mol. The van der Waals surface area contributed by atoms with Crippen molar-refractivity contribution < 1.29 is 19.4 Å².